The Morgan fingerprint density at radius 1 is 1.50 bits per heavy atom. The van der Waals surface area contributed by atoms with Crippen molar-refractivity contribution in [2.75, 3.05) is 11.6 Å². The van der Waals surface area contributed by atoms with E-state index in [9.17, 15) is 0 Å². The first-order chi connectivity index (χ1) is 3.91. The fraction of sp³-hybridized carbons (Fsp3) is 0.400. The SMILES string of the molecule is N#CSCC#CCCl. The van der Waals surface area contributed by atoms with Gasteiger partial charge in [-0.1, -0.05) is 11.8 Å². The van der Waals surface area contributed by atoms with Gasteiger partial charge < -0.3 is 0 Å². The maximum Gasteiger partial charge on any atom is 0.134 e. The van der Waals surface area contributed by atoms with Crippen molar-refractivity contribution in [3.63, 3.8) is 0 Å². The van der Waals surface area contributed by atoms with E-state index < -0.39 is 0 Å². The number of hydrogen-bond acceptors (Lipinski definition) is 2. The Kier molecular flexibility index (Phi) is 6.43. The Morgan fingerprint density at radius 2 is 2.25 bits per heavy atom. The molecule has 42 valence electrons. The van der Waals surface area contributed by atoms with Gasteiger partial charge in [-0.05, 0) is 11.8 Å². The van der Waals surface area contributed by atoms with Crippen molar-refractivity contribution >= 4 is 23.4 Å². The highest BCUT2D eigenvalue weighted by Crippen LogP contribution is 1.91. The van der Waals surface area contributed by atoms with Gasteiger partial charge in [-0.25, -0.2) is 0 Å². The molecule has 0 aromatic heterocycles. The Morgan fingerprint density at radius 3 is 2.75 bits per heavy atom. The van der Waals surface area contributed by atoms with E-state index in [1.165, 1.54) is 0 Å². The van der Waals surface area contributed by atoms with Crippen LogP contribution in [0.25, 0.3) is 0 Å². The van der Waals surface area contributed by atoms with Gasteiger partial charge in [0.05, 0.1) is 11.6 Å². The van der Waals surface area contributed by atoms with Gasteiger partial charge in [0.2, 0.25) is 0 Å². The van der Waals surface area contributed by atoms with E-state index in [0.29, 0.717) is 11.6 Å². The summed E-state index contributed by atoms with van der Waals surface area (Å²) in [5.41, 5.74) is 0. The molecule has 0 N–H and O–H groups in total. The van der Waals surface area contributed by atoms with E-state index >= 15 is 0 Å². The molecule has 0 rings (SSSR count). The van der Waals surface area contributed by atoms with Crippen LogP contribution in [0.15, 0.2) is 0 Å². The minimum atomic E-state index is 0.353. The summed E-state index contributed by atoms with van der Waals surface area (Å²) in [6.45, 7) is 0. The van der Waals surface area contributed by atoms with Crippen molar-refractivity contribution in [2.45, 2.75) is 0 Å². The van der Waals surface area contributed by atoms with Crippen molar-refractivity contribution < 1.29 is 0 Å². The molecule has 0 aliphatic rings. The van der Waals surface area contributed by atoms with Crippen molar-refractivity contribution in [1.82, 2.24) is 0 Å². The van der Waals surface area contributed by atoms with Gasteiger partial charge in [-0.3, -0.25) is 0 Å². The third-order valence-electron chi connectivity index (χ3n) is 0.401. The van der Waals surface area contributed by atoms with Crippen molar-refractivity contribution in [3.05, 3.63) is 0 Å². The number of thiocyanates is 1. The molecule has 0 spiro atoms. The Balaban J connectivity index is 3.06. The van der Waals surface area contributed by atoms with Crippen LogP contribution >= 0.6 is 23.4 Å². The number of rotatable bonds is 1. The normalized spacial score (nSPS) is 6.50. The molecule has 0 amide bonds. The van der Waals surface area contributed by atoms with E-state index in [1.807, 2.05) is 5.40 Å². The molecule has 0 atom stereocenters. The monoisotopic (exact) mass is 145 g/mol. The molecule has 8 heavy (non-hydrogen) atoms. The highest BCUT2D eigenvalue weighted by molar-refractivity contribution is 8.03. The maximum atomic E-state index is 7.98. The van der Waals surface area contributed by atoms with Gasteiger partial charge in [-0.15, -0.1) is 11.6 Å². The summed E-state index contributed by atoms with van der Waals surface area (Å²) < 4.78 is 0. The van der Waals surface area contributed by atoms with E-state index in [0.717, 1.165) is 11.8 Å². The lowest BCUT2D eigenvalue weighted by Gasteiger charge is -1.71. The number of nitriles is 1. The first-order valence-corrected chi connectivity index (χ1v) is 3.46. The fourth-order valence-corrected chi connectivity index (χ4v) is 0.500. The summed E-state index contributed by atoms with van der Waals surface area (Å²) in [5, 5.41) is 9.88. The Bertz CT molecular complexity index is 139. The van der Waals surface area contributed by atoms with E-state index in [-0.39, 0.29) is 0 Å². The molecule has 0 aromatic carbocycles. The molecule has 0 radical (unpaired) electrons. The van der Waals surface area contributed by atoms with Crippen LogP contribution < -0.4 is 0 Å². The summed E-state index contributed by atoms with van der Waals surface area (Å²) in [4.78, 5) is 0. The summed E-state index contributed by atoms with van der Waals surface area (Å²) in [6.07, 6.45) is 0. The van der Waals surface area contributed by atoms with E-state index in [1.54, 1.807) is 0 Å². The number of nitrogens with zero attached hydrogens (tertiary/aromatic N) is 1. The molecule has 3 heteroatoms. The van der Waals surface area contributed by atoms with Gasteiger partial charge in [0, 0.05) is 0 Å². The molecule has 0 saturated carbocycles. The van der Waals surface area contributed by atoms with Crippen LogP contribution in [-0.4, -0.2) is 11.6 Å². The zero-order valence-corrected chi connectivity index (χ0v) is 5.72. The quantitative estimate of drug-likeness (QED) is 0.241. The second kappa shape index (κ2) is 6.69. The van der Waals surface area contributed by atoms with Gasteiger partial charge >= 0.3 is 0 Å². The van der Waals surface area contributed by atoms with Gasteiger partial charge in [0.1, 0.15) is 5.40 Å². The average molecular weight is 146 g/mol. The van der Waals surface area contributed by atoms with Crippen molar-refractivity contribution in [2.24, 2.45) is 0 Å². The molecule has 1 nitrogen and oxygen atoms in total. The third-order valence-corrected chi connectivity index (χ3v) is 0.952. The summed E-state index contributed by atoms with van der Waals surface area (Å²) in [6, 6.07) is 0. The summed E-state index contributed by atoms with van der Waals surface area (Å²) >= 11 is 6.34. The minimum absolute atomic E-state index is 0.353. The molecule has 0 aliphatic carbocycles. The number of alkyl halides is 1. The molecule has 0 bridgehead atoms. The molecular formula is C5H4ClNS. The number of hydrogen-bond donors (Lipinski definition) is 0. The van der Waals surface area contributed by atoms with Gasteiger partial charge in [0.25, 0.3) is 0 Å². The molecule has 0 unspecified atom stereocenters. The van der Waals surface area contributed by atoms with Crippen LogP contribution in [0, 0.1) is 22.5 Å². The topological polar surface area (TPSA) is 23.8 Å². The minimum Gasteiger partial charge on any atom is -0.185 e. The van der Waals surface area contributed by atoms with Gasteiger partial charge in [0.15, 0.2) is 0 Å². The predicted octanol–water partition coefficient (Wildman–Crippen LogP) is 1.44. The number of thioether (sulfide) groups is 1. The highest BCUT2D eigenvalue weighted by atomic mass is 35.5. The van der Waals surface area contributed by atoms with Crippen LogP contribution in [0.4, 0.5) is 0 Å². The van der Waals surface area contributed by atoms with Crippen molar-refractivity contribution in [3.8, 4) is 17.2 Å². The highest BCUT2D eigenvalue weighted by Gasteiger charge is 1.72. The number of halogens is 1. The van der Waals surface area contributed by atoms with Crippen LogP contribution in [0.5, 0.6) is 0 Å². The van der Waals surface area contributed by atoms with Crippen LogP contribution in [-0.2, 0) is 0 Å². The average Bonchev–Trinajstić information content (AvgIpc) is 1.81. The largest absolute Gasteiger partial charge is 0.185 e. The predicted molar refractivity (Wildman–Crippen MR) is 36.6 cm³/mol. The molecule has 0 aliphatic heterocycles. The van der Waals surface area contributed by atoms with Crippen LogP contribution in [0.1, 0.15) is 0 Å². The first-order valence-electron chi connectivity index (χ1n) is 1.94. The van der Waals surface area contributed by atoms with Gasteiger partial charge in [-0.2, -0.15) is 5.26 Å². The van der Waals surface area contributed by atoms with E-state index in [2.05, 4.69) is 11.8 Å². The molecule has 0 heterocycles. The zero-order valence-electron chi connectivity index (χ0n) is 4.15. The first kappa shape index (κ1) is 7.69. The lowest BCUT2D eigenvalue weighted by molar-refractivity contribution is 1.57. The van der Waals surface area contributed by atoms with Crippen LogP contribution in [0.3, 0.4) is 0 Å². The Hall–Kier alpha value is -0.310. The Labute approximate surface area is 58.0 Å². The van der Waals surface area contributed by atoms with Crippen molar-refractivity contribution in [1.29, 1.82) is 5.26 Å². The summed E-state index contributed by atoms with van der Waals surface area (Å²) in [5.74, 6) is 6.23. The maximum absolute atomic E-state index is 7.98. The third kappa shape index (κ3) is 5.69. The lowest BCUT2D eigenvalue weighted by Crippen LogP contribution is -1.66. The molecule has 0 saturated heterocycles. The standard InChI is InChI=1S/C5H4ClNS/c6-3-1-2-4-8-5-7/h3-4H2. The second-order valence-electron chi connectivity index (χ2n) is 0.867. The molecule has 0 aromatic rings. The fourth-order valence-electron chi connectivity index (χ4n) is 0.167. The van der Waals surface area contributed by atoms with E-state index in [4.69, 9.17) is 16.9 Å². The lowest BCUT2D eigenvalue weighted by atomic mass is 10.7. The molecule has 0 fully saturated rings. The zero-order chi connectivity index (χ0) is 6.24. The molecular weight excluding hydrogens is 142 g/mol. The smallest absolute Gasteiger partial charge is 0.134 e. The van der Waals surface area contributed by atoms with Crippen LogP contribution in [0.2, 0.25) is 0 Å². The second-order valence-corrected chi connectivity index (χ2v) is 1.89. The summed E-state index contributed by atoms with van der Waals surface area (Å²) in [7, 11) is 0.